The van der Waals surface area contributed by atoms with E-state index in [0.717, 1.165) is 0 Å². The van der Waals surface area contributed by atoms with Gasteiger partial charge in [0.25, 0.3) is 0 Å². The van der Waals surface area contributed by atoms with Crippen LogP contribution in [0.3, 0.4) is 0 Å². The summed E-state index contributed by atoms with van der Waals surface area (Å²) in [5.74, 6) is -1.06. The summed E-state index contributed by atoms with van der Waals surface area (Å²) in [6.45, 7) is 3.41. The van der Waals surface area contributed by atoms with Gasteiger partial charge in [-0.1, -0.05) is 18.2 Å². The molecule has 0 bridgehead atoms. The summed E-state index contributed by atoms with van der Waals surface area (Å²) in [5.41, 5.74) is 5.11. The molecule has 4 rings (SSSR count). The van der Waals surface area contributed by atoms with Crippen molar-refractivity contribution >= 4 is 17.6 Å². The molecule has 1 aromatic rings. The van der Waals surface area contributed by atoms with Crippen molar-refractivity contribution in [3.63, 3.8) is 0 Å². The summed E-state index contributed by atoms with van der Waals surface area (Å²) in [6.07, 6.45) is 0. The van der Waals surface area contributed by atoms with Crippen molar-refractivity contribution in [1.29, 1.82) is 5.26 Å². The van der Waals surface area contributed by atoms with Crippen molar-refractivity contribution in [2.24, 2.45) is 5.73 Å². The molecule has 7 nitrogen and oxygen atoms in total. The fraction of sp³-hybridized carbons (Fsp3) is 0.235. The average molecular weight is 322 g/mol. The number of fused-ring (bicyclic) bond motifs is 3. The van der Waals surface area contributed by atoms with Crippen LogP contribution < -0.4 is 16.4 Å². The molecule has 0 radical (unpaired) electrons. The van der Waals surface area contributed by atoms with E-state index in [9.17, 15) is 14.9 Å². The third kappa shape index (κ3) is 1.41. The second-order valence-corrected chi connectivity index (χ2v) is 6.43. The lowest BCUT2D eigenvalue weighted by Crippen LogP contribution is -2.48. The Morgan fingerprint density at radius 2 is 1.92 bits per heavy atom. The van der Waals surface area contributed by atoms with E-state index >= 15 is 0 Å². The number of nitrogens with one attached hydrogen (secondary N) is 2. The zero-order valence-electron chi connectivity index (χ0n) is 13.1. The Morgan fingerprint density at radius 1 is 1.21 bits per heavy atom. The van der Waals surface area contributed by atoms with Gasteiger partial charge in [0.1, 0.15) is 22.9 Å². The van der Waals surface area contributed by atoms with Crippen LogP contribution in [0.2, 0.25) is 0 Å². The summed E-state index contributed by atoms with van der Waals surface area (Å²) in [5, 5.41) is 15.3. The Bertz CT molecular complexity index is 935. The van der Waals surface area contributed by atoms with Crippen LogP contribution in [0, 0.1) is 11.3 Å². The highest BCUT2D eigenvalue weighted by atomic mass is 16.6. The zero-order chi connectivity index (χ0) is 17.3. The largest absolute Gasteiger partial charge is 0.450 e. The van der Waals surface area contributed by atoms with Crippen molar-refractivity contribution in [2.75, 3.05) is 5.32 Å². The Labute approximate surface area is 137 Å². The van der Waals surface area contributed by atoms with Gasteiger partial charge in [-0.3, -0.25) is 4.79 Å². The summed E-state index contributed by atoms with van der Waals surface area (Å²) in [6, 6.07) is 8.96. The van der Waals surface area contributed by atoms with Crippen LogP contribution >= 0.6 is 0 Å². The lowest BCUT2D eigenvalue weighted by atomic mass is 9.67. The third-order valence-corrected chi connectivity index (χ3v) is 4.71. The molecule has 3 aliphatic heterocycles. The number of carbonyl (C=O) groups excluding carboxylic acids is 2. The van der Waals surface area contributed by atoms with E-state index < -0.39 is 22.9 Å². The SMILES string of the molecule is CC1(C)OC(=O)C2=C1NC(N)=C(C#N)[C@]21C(=O)Nc2ccccc21. The number of amides is 1. The first kappa shape index (κ1) is 14.3. The van der Waals surface area contributed by atoms with Crippen molar-refractivity contribution in [3.8, 4) is 6.07 Å². The van der Waals surface area contributed by atoms with E-state index in [1.54, 1.807) is 38.1 Å². The first-order valence-electron chi connectivity index (χ1n) is 7.41. The minimum absolute atomic E-state index is 0.00153. The molecule has 3 heterocycles. The standard InChI is InChI=1S/C17H14N4O3/c1-16(2)12-11(14(22)24-16)17(9(7-18)13(19)21-12)8-5-3-4-6-10(8)20-15(17)23/h3-6,21H,19H2,1-2H3,(H,20,23)/t17-/m0/s1. The number of para-hydroxylation sites is 1. The second kappa shape index (κ2) is 4.17. The van der Waals surface area contributed by atoms with Crippen LogP contribution in [0.4, 0.5) is 5.69 Å². The van der Waals surface area contributed by atoms with Crippen LogP contribution in [0.5, 0.6) is 0 Å². The number of esters is 1. The Balaban J connectivity index is 2.15. The lowest BCUT2D eigenvalue weighted by Gasteiger charge is -2.34. The molecule has 0 aliphatic carbocycles. The molecule has 3 aliphatic rings. The topological polar surface area (TPSA) is 117 Å². The molecule has 120 valence electrons. The molecule has 0 saturated heterocycles. The molecule has 24 heavy (non-hydrogen) atoms. The van der Waals surface area contributed by atoms with Crippen LogP contribution in [-0.2, 0) is 19.7 Å². The van der Waals surface area contributed by atoms with Gasteiger partial charge in [-0.15, -0.1) is 0 Å². The number of ether oxygens (including phenoxy) is 1. The first-order valence-corrected chi connectivity index (χ1v) is 7.41. The number of anilines is 1. The van der Waals surface area contributed by atoms with Crippen molar-refractivity contribution in [3.05, 3.63) is 52.5 Å². The average Bonchev–Trinajstić information content (AvgIpc) is 2.92. The molecule has 0 fully saturated rings. The van der Waals surface area contributed by atoms with Crippen LogP contribution in [0.15, 0.2) is 46.9 Å². The van der Waals surface area contributed by atoms with Gasteiger partial charge in [-0.05, 0) is 19.9 Å². The molecule has 0 unspecified atom stereocenters. The van der Waals surface area contributed by atoms with E-state index in [2.05, 4.69) is 10.6 Å². The van der Waals surface area contributed by atoms with E-state index in [-0.39, 0.29) is 17.0 Å². The number of hydrogen-bond donors (Lipinski definition) is 3. The Hall–Kier alpha value is -3.27. The van der Waals surface area contributed by atoms with E-state index in [0.29, 0.717) is 16.9 Å². The number of nitriles is 1. The quantitative estimate of drug-likeness (QED) is 0.607. The van der Waals surface area contributed by atoms with E-state index in [4.69, 9.17) is 10.5 Å². The first-order chi connectivity index (χ1) is 11.3. The fourth-order valence-electron chi connectivity index (χ4n) is 3.71. The Kier molecular flexibility index (Phi) is 2.49. The van der Waals surface area contributed by atoms with Crippen LogP contribution in [-0.4, -0.2) is 17.5 Å². The molecule has 1 atom stereocenters. The molecular formula is C17H14N4O3. The lowest BCUT2D eigenvalue weighted by molar-refractivity contribution is -0.145. The van der Waals surface area contributed by atoms with Gasteiger partial charge in [0.05, 0.1) is 16.8 Å². The number of cyclic esters (lactones) is 1. The van der Waals surface area contributed by atoms with Gasteiger partial charge >= 0.3 is 5.97 Å². The van der Waals surface area contributed by atoms with E-state index in [1.807, 2.05) is 6.07 Å². The number of hydrogen-bond acceptors (Lipinski definition) is 6. The number of benzene rings is 1. The highest BCUT2D eigenvalue weighted by Crippen LogP contribution is 2.54. The van der Waals surface area contributed by atoms with Gasteiger partial charge in [0.15, 0.2) is 0 Å². The van der Waals surface area contributed by atoms with Gasteiger partial charge in [0.2, 0.25) is 5.91 Å². The summed E-state index contributed by atoms with van der Waals surface area (Å²) >= 11 is 0. The maximum atomic E-state index is 13.0. The summed E-state index contributed by atoms with van der Waals surface area (Å²) < 4.78 is 5.44. The molecule has 1 amide bonds. The third-order valence-electron chi connectivity index (χ3n) is 4.71. The van der Waals surface area contributed by atoms with Crippen LogP contribution in [0.1, 0.15) is 19.4 Å². The summed E-state index contributed by atoms with van der Waals surface area (Å²) in [7, 11) is 0. The molecule has 7 heteroatoms. The monoisotopic (exact) mass is 322 g/mol. The minimum atomic E-state index is -1.58. The number of carbonyl (C=O) groups is 2. The molecule has 0 aromatic heterocycles. The Morgan fingerprint density at radius 3 is 2.62 bits per heavy atom. The maximum absolute atomic E-state index is 13.0. The molecule has 1 spiro atoms. The fourth-order valence-corrected chi connectivity index (χ4v) is 3.71. The summed E-state index contributed by atoms with van der Waals surface area (Å²) in [4.78, 5) is 25.6. The maximum Gasteiger partial charge on any atom is 0.338 e. The van der Waals surface area contributed by atoms with Gasteiger partial charge in [0, 0.05) is 11.3 Å². The van der Waals surface area contributed by atoms with Gasteiger partial charge in [-0.2, -0.15) is 5.26 Å². The van der Waals surface area contributed by atoms with Gasteiger partial charge < -0.3 is 21.1 Å². The number of nitrogens with zero attached hydrogens (tertiary/aromatic N) is 1. The van der Waals surface area contributed by atoms with Crippen molar-refractivity contribution < 1.29 is 14.3 Å². The minimum Gasteiger partial charge on any atom is -0.450 e. The molecular weight excluding hydrogens is 308 g/mol. The molecule has 4 N–H and O–H groups in total. The predicted molar refractivity (Wildman–Crippen MR) is 83.9 cm³/mol. The number of nitrogens with two attached hydrogens (primary N) is 1. The smallest absolute Gasteiger partial charge is 0.338 e. The highest BCUT2D eigenvalue weighted by molar-refractivity contribution is 6.18. The molecule has 1 aromatic carbocycles. The van der Waals surface area contributed by atoms with E-state index in [1.165, 1.54) is 0 Å². The van der Waals surface area contributed by atoms with Gasteiger partial charge in [-0.25, -0.2) is 4.79 Å². The van der Waals surface area contributed by atoms with Crippen molar-refractivity contribution in [2.45, 2.75) is 24.9 Å². The highest BCUT2D eigenvalue weighted by Gasteiger charge is 2.63. The number of rotatable bonds is 0. The normalized spacial score (nSPS) is 26.5. The zero-order valence-corrected chi connectivity index (χ0v) is 13.1. The van der Waals surface area contributed by atoms with Crippen LogP contribution in [0.25, 0.3) is 0 Å². The van der Waals surface area contributed by atoms with Crippen molar-refractivity contribution in [1.82, 2.24) is 5.32 Å². The second-order valence-electron chi connectivity index (χ2n) is 6.43. The molecule has 0 saturated carbocycles. The number of dihydropyridines is 1. The predicted octanol–water partition coefficient (Wildman–Crippen LogP) is 0.763.